The minimum Gasteiger partial charge on any atom is -0.293 e. The van der Waals surface area contributed by atoms with Crippen LogP contribution in [0.5, 0.6) is 0 Å². The molecule has 0 radical (unpaired) electrons. The molecule has 0 N–H and O–H groups in total. The number of fused-ring (bicyclic) bond motifs is 1. The molecule has 0 saturated heterocycles. The highest BCUT2D eigenvalue weighted by Crippen LogP contribution is 2.16. The number of aromatic nitrogens is 4. The molecule has 0 amide bonds. The van der Waals surface area contributed by atoms with E-state index in [2.05, 4.69) is 16.9 Å². The summed E-state index contributed by atoms with van der Waals surface area (Å²) in [5.41, 5.74) is 1.92. The average Bonchev–Trinajstić information content (AvgIpc) is 2.91. The first kappa shape index (κ1) is 13.5. The molecule has 5 nitrogen and oxygen atoms in total. The van der Waals surface area contributed by atoms with Crippen molar-refractivity contribution in [1.29, 1.82) is 0 Å². The van der Waals surface area contributed by atoms with Crippen molar-refractivity contribution < 1.29 is 0 Å². The van der Waals surface area contributed by atoms with Gasteiger partial charge in [0.05, 0.1) is 0 Å². The summed E-state index contributed by atoms with van der Waals surface area (Å²) >= 11 is 0. The first-order chi connectivity index (χ1) is 10.1. The van der Waals surface area contributed by atoms with Gasteiger partial charge < -0.3 is 0 Å². The number of nitrogens with zero attached hydrogens (tertiary/aromatic N) is 4. The summed E-state index contributed by atoms with van der Waals surface area (Å²) in [6.45, 7) is 5.95. The molecule has 0 saturated carbocycles. The van der Waals surface area contributed by atoms with Gasteiger partial charge >= 0.3 is 0 Å². The second-order valence-electron chi connectivity index (χ2n) is 5.21. The van der Waals surface area contributed by atoms with E-state index in [-0.39, 0.29) is 11.6 Å². The maximum atomic E-state index is 12.9. The van der Waals surface area contributed by atoms with E-state index in [1.54, 1.807) is 10.9 Å². The maximum Gasteiger partial charge on any atom is 0.280 e. The lowest BCUT2D eigenvalue weighted by molar-refractivity contribution is 0.496. The Hall–Kier alpha value is -2.43. The summed E-state index contributed by atoms with van der Waals surface area (Å²) in [5, 5.41) is 0. The maximum absolute atomic E-state index is 12.9. The molecule has 2 aromatic heterocycles. The van der Waals surface area contributed by atoms with Gasteiger partial charge in [0.2, 0.25) is 0 Å². The molecule has 108 valence electrons. The van der Waals surface area contributed by atoms with Gasteiger partial charge in [0.25, 0.3) is 5.56 Å². The highest BCUT2D eigenvalue weighted by Gasteiger charge is 2.17. The number of hydrogen-bond donors (Lipinski definition) is 0. The lowest BCUT2D eigenvalue weighted by Gasteiger charge is -2.16. The van der Waals surface area contributed by atoms with Gasteiger partial charge in [-0.25, -0.2) is 9.97 Å². The predicted octanol–water partition coefficient (Wildman–Crippen LogP) is 2.86. The van der Waals surface area contributed by atoms with E-state index in [9.17, 15) is 4.79 Å². The van der Waals surface area contributed by atoms with E-state index in [4.69, 9.17) is 0 Å². The van der Waals surface area contributed by atoms with Crippen molar-refractivity contribution in [3.05, 3.63) is 52.8 Å². The van der Waals surface area contributed by atoms with E-state index in [0.29, 0.717) is 17.0 Å². The molecule has 2 heterocycles. The van der Waals surface area contributed by atoms with Crippen LogP contribution in [0.2, 0.25) is 0 Å². The first-order valence-electron chi connectivity index (χ1n) is 7.15. The Balaban J connectivity index is 2.33. The van der Waals surface area contributed by atoms with Crippen LogP contribution in [0, 0.1) is 6.92 Å². The monoisotopic (exact) mass is 282 g/mol. The molecule has 1 unspecified atom stereocenters. The molecular formula is C16H18N4O. The Bertz CT molecular complexity index is 833. The number of hydrogen-bond acceptors (Lipinski definition) is 3. The molecule has 3 aromatic rings. The van der Waals surface area contributed by atoms with Crippen LogP contribution >= 0.6 is 0 Å². The van der Waals surface area contributed by atoms with E-state index < -0.39 is 0 Å². The predicted molar refractivity (Wildman–Crippen MR) is 82.9 cm³/mol. The molecule has 1 atom stereocenters. The van der Waals surface area contributed by atoms with Crippen molar-refractivity contribution in [2.75, 3.05) is 0 Å². The van der Waals surface area contributed by atoms with Gasteiger partial charge in [-0.3, -0.25) is 13.9 Å². The first-order valence-corrected chi connectivity index (χ1v) is 7.15. The molecule has 0 aliphatic heterocycles. The molecule has 0 aliphatic carbocycles. The normalized spacial score (nSPS) is 12.7. The minimum absolute atomic E-state index is 0.0341. The number of aryl methyl sites for hydroxylation is 1. The Morgan fingerprint density at radius 1 is 1.24 bits per heavy atom. The number of para-hydroxylation sites is 1. The van der Waals surface area contributed by atoms with Crippen molar-refractivity contribution in [3.63, 3.8) is 0 Å². The van der Waals surface area contributed by atoms with E-state index >= 15 is 0 Å². The van der Waals surface area contributed by atoms with E-state index in [1.807, 2.05) is 48.7 Å². The van der Waals surface area contributed by atoms with Crippen molar-refractivity contribution in [1.82, 2.24) is 19.1 Å². The summed E-state index contributed by atoms with van der Waals surface area (Å²) in [7, 11) is 0. The van der Waals surface area contributed by atoms with Crippen LogP contribution < -0.4 is 5.56 Å². The number of imidazole rings is 1. The van der Waals surface area contributed by atoms with Gasteiger partial charge in [-0.15, -0.1) is 0 Å². The lowest BCUT2D eigenvalue weighted by Crippen LogP contribution is -2.27. The fourth-order valence-corrected chi connectivity index (χ4v) is 2.57. The molecule has 21 heavy (non-hydrogen) atoms. The highest BCUT2D eigenvalue weighted by atomic mass is 16.1. The number of rotatable bonds is 3. The van der Waals surface area contributed by atoms with Crippen LogP contribution in [-0.2, 0) is 0 Å². The molecule has 3 rings (SSSR count). The fourth-order valence-electron chi connectivity index (χ4n) is 2.57. The van der Waals surface area contributed by atoms with Gasteiger partial charge in [0.15, 0.2) is 11.2 Å². The van der Waals surface area contributed by atoms with Crippen LogP contribution in [0.1, 0.15) is 32.1 Å². The molecule has 0 spiro atoms. The van der Waals surface area contributed by atoms with Gasteiger partial charge in [0, 0.05) is 11.7 Å². The van der Waals surface area contributed by atoms with E-state index in [1.165, 1.54) is 0 Å². The summed E-state index contributed by atoms with van der Waals surface area (Å²) < 4.78 is 3.56. The largest absolute Gasteiger partial charge is 0.293 e. The molecule has 0 fully saturated rings. The third-order valence-corrected chi connectivity index (χ3v) is 3.85. The smallest absolute Gasteiger partial charge is 0.280 e. The summed E-state index contributed by atoms with van der Waals surface area (Å²) in [6.07, 6.45) is 2.54. The highest BCUT2D eigenvalue weighted by molar-refractivity contribution is 5.72. The van der Waals surface area contributed by atoms with Crippen molar-refractivity contribution >= 4 is 11.2 Å². The Labute approximate surface area is 122 Å². The second kappa shape index (κ2) is 5.16. The van der Waals surface area contributed by atoms with Crippen molar-refractivity contribution in [2.45, 2.75) is 33.2 Å². The van der Waals surface area contributed by atoms with Gasteiger partial charge in [-0.2, -0.15) is 0 Å². The third kappa shape index (κ3) is 2.14. The summed E-state index contributed by atoms with van der Waals surface area (Å²) in [5.74, 6) is 0.708. The number of benzene rings is 1. The zero-order valence-corrected chi connectivity index (χ0v) is 12.4. The van der Waals surface area contributed by atoms with Crippen LogP contribution in [-0.4, -0.2) is 19.1 Å². The zero-order chi connectivity index (χ0) is 15.0. The molecule has 5 heteroatoms. The standard InChI is InChI=1S/C16H18N4O/c1-4-11(2)20-12(3)18-15-14(16(20)21)19(10-17-15)13-8-6-5-7-9-13/h5-11H,4H2,1-3H3. The van der Waals surface area contributed by atoms with Crippen molar-refractivity contribution in [2.24, 2.45) is 0 Å². The molecule has 0 aliphatic rings. The van der Waals surface area contributed by atoms with E-state index in [0.717, 1.165) is 12.1 Å². The van der Waals surface area contributed by atoms with Crippen LogP contribution in [0.25, 0.3) is 16.9 Å². The van der Waals surface area contributed by atoms with Crippen LogP contribution in [0.3, 0.4) is 0 Å². The Morgan fingerprint density at radius 2 is 1.95 bits per heavy atom. The lowest BCUT2D eigenvalue weighted by atomic mass is 10.2. The fraction of sp³-hybridized carbons (Fsp3) is 0.312. The van der Waals surface area contributed by atoms with Crippen LogP contribution in [0.4, 0.5) is 0 Å². The van der Waals surface area contributed by atoms with Crippen molar-refractivity contribution in [3.8, 4) is 5.69 Å². The SMILES string of the molecule is CCC(C)n1c(C)nc2ncn(-c3ccccc3)c2c1=O. The average molecular weight is 282 g/mol. The van der Waals surface area contributed by atoms with Gasteiger partial charge in [-0.1, -0.05) is 25.1 Å². The Kier molecular flexibility index (Phi) is 3.33. The molecular weight excluding hydrogens is 264 g/mol. The zero-order valence-electron chi connectivity index (χ0n) is 12.4. The molecule has 0 bridgehead atoms. The van der Waals surface area contributed by atoms with Crippen LogP contribution in [0.15, 0.2) is 41.5 Å². The van der Waals surface area contributed by atoms with Gasteiger partial charge in [-0.05, 0) is 32.4 Å². The summed E-state index contributed by atoms with van der Waals surface area (Å²) in [6, 6.07) is 9.85. The minimum atomic E-state index is -0.0341. The third-order valence-electron chi connectivity index (χ3n) is 3.85. The molecule has 1 aromatic carbocycles. The summed E-state index contributed by atoms with van der Waals surface area (Å²) in [4.78, 5) is 21.6. The Morgan fingerprint density at radius 3 is 2.62 bits per heavy atom. The topological polar surface area (TPSA) is 52.7 Å². The second-order valence-corrected chi connectivity index (χ2v) is 5.21. The van der Waals surface area contributed by atoms with Gasteiger partial charge in [0.1, 0.15) is 12.2 Å². The quantitative estimate of drug-likeness (QED) is 0.742.